The van der Waals surface area contributed by atoms with Crippen LogP contribution < -0.4 is 5.73 Å². The van der Waals surface area contributed by atoms with E-state index >= 15 is 0 Å². The first-order valence-corrected chi connectivity index (χ1v) is 6.52. The van der Waals surface area contributed by atoms with Crippen LogP contribution in [0.1, 0.15) is 13.3 Å². The van der Waals surface area contributed by atoms with Crippen LogP contribution in [0.3, 0.4) is 0 Å². The van der Waals surface area contributed by atoms with Crippen LogP contribution in [0.15, 0.2) is 0 Å². The maximum absolute atomic E-state index is 11.9. The van der Waals surface area contributed by atoms with Gasteiger partial charge in [0.1, 0.15) is 5.25 Å². The predicted octanol–water partition coefficient (Wildman–Crippen LogP) is -0.0409. The lowest BCUT2D eigenvalue weighted by Crippen LogP contribution is -2.43. The first-order chi connectivity index (χ1) is 6.87. The van der Waals surface area contributed by atoms with E-state index in [1.54, 1.807) is 6.92 Å². The minimum absolute atomic E-state index is 0.0155. The van der Waals surface area contributed by atoms with Crippen LogP contribution in [0, 0.1) is 0 Å². The highest BCUT2D eigenvalue weighted by Gasteiger charge is 2.30. The molecule has 0 aromatic heterocycles. The van der Waals surface area contributed by atoms with Gasteiger partial charge in [0.15, 0.2) is 0 Å². The number of sulfonamides is 1. The Morgan fingerprint density at radius 1 is 1.60 bits per heavy atom. The molecule has 0 saturated carbocycles. The molecule has 0 fully saturated rings. The van der Waals surface area contributed by atoms with Gasteiger partial charge < -0.3 is 10.5 Å². The van der Waals surface area contributed by atoms with Crippen LogP contribution in [0.5, 0.6) is 0 Å². The molecule has 1 atom stereocenters. The summed E-state index contributed by atoms with van der Waals surface area (Å²) in [6.45, 7) is 2.40. The van der Waals surface area contributed by atoms with Gasteiger partial charge in [0.05, 0.1) is 11.6 Å². The van der Waals surface area contributed by atoms with Crippen molar-refractivity contribution in [2.24, 2.45) is 5.73 Å². The molecule has 1 unspecified atom stereocenters. The van der Waals surface area contributed by atoms with E-state index in [-0.39, 0.29) is 4.99 Å². The Labute approximate surface area is 96.6 Å². The van der Waals surface area contributed by atoms with Crippen molar-refractivity contribution in [3.8, 4) is 0 Å². The van der Waals surface area contributed by atoms with Crippen molar-refractivity contribution < 1.29 is 13.2 Å². The molecule has 0 aromatic rings. The van der Waals surface area contributed by atoms with Crippen LogP contribution in [-0.4, -0.2) is 50.3 Å². The second-order valence-corrected chi connectivity index (χ2v) is 5.85. The lowest BCUT2D eigenvalue weighted by Gasteiger charge is -2.22. The van der Waals surface area contributed by atoms with E-state index in [0.29, 0.717) is 19.6 Å². The fourth-order valence-electron chi connectivity index (χ4n) is 1.12. The summed E-state index contributed by atoms with van der Waals surface area (Å²) in [5.41, 5.74) is 5.39. The Balaban J connectivity index is 4.71. The SMILES string of the molecule is CCC(C(N)=S)S(=O)(=O)N(C)CCOC. The van der Waals surface area contributed by atoms with Crippen molar-refractivity contribution in [1.29, 1.82) is 0 Å². The second kappa shape index (κ2) is 6.37. The number of rotatable bonds is 7. The number of nitrogens with zero attached hydrogens (tertiary/aromatic N) is 1. The number of methoxy groups -OCH3 is 1. The molecule has 0 amide bonds. The summed E-state index contributed by atoms with van der Waals surface area (Å²) in [4.78, 5) is 0.0155. The number of ether oxygens (including phenoxy) is 1. The Kier molecular flexibility index (Phi) is 6.26. The number of hydrogen-bond acceptors (Lipinski definition) is 4. The zero-order valence-electron chi connectivity index (χ0n) is 9.26. The van der Waals surface area contributed by atoms with Crippen LogP contribution in [0.2, 0.25) is 0 Å². The van der Waals surface area contributed by atoms with Gasteiger partial charge in [-0.15, -0.1) is 0 Å². The maximum Gasteiger partial charge on any atom is 0.223 e. The topological polar surface area (TPSA) is 72.6 Å². The molecule has 0 rings (SSSR count). The van der Waals surface area contributed by atoms with Crippen molar-refractivity contribution in [1.82, 2.24) is 4.31 Å². The predicted molar refractivity (Wildman–Crippen MR) is 64.3 cm³/mol. The highest BCUT2D eigenvalue weighted by atomic mass is 32.2. The smallest absolute Gasteiger partial charge is 0.223 e. The first-order valence-electron chi connectivity index (χ1n) is 4.61. The molecule has 0 aliphatic rings. The normalized spacial score (nSPS) is 14.1. The van der Waals surface area contributed by atoms with Gasteiger partial charge in [0.25, 0.3) is 0 Å². The summed E-state index contributed by atoms with van der Waals surface area (Å²) in [5, 5.41) is -0.783. The molecule has 7 heteroatoms. The molecule has 0 aliphatic carbocycles. The van der Waals surface area contributed by atoms with Gasteiger partial charge in [-0.05, 0) is 6.42 Å². The molecule has 0 aromatic carbocycles. The Morgan fingerprint density at radius 3 is 2.47 bits per heavy atom. The molecule has 0 spiro atoms. The third-order valence-electron chi connectivity index (χ3n) is 2.09. The number of nitrogens with two attached hydrogens (primary N) is 1. The van der Waals surface area contributed by atoms with Crippen molar-refractivity contribution in [2.45, 2.75) is 18.6 Å². The van der Waals surface area contributed by atoms with E-state index in [2.05, 4.69) is 0 Å². The molecule has 5 nitrogen and oxygen atoms in total. The lowest BCUT2D eigenvalue weighted by molar-refractivity contribution is 0.185. The van der Waals surface area contributed by atoms with E-state index in [4.69, 9.17) is 22.7 Å². The molecule has 0 bridgehead atoms. The average molecular weight is 254 g/mol. The first kappa shape index (κ1) is 14.8. The van der Waals surface area contributed by atoms with Crippen molar-refractivity contribution >= 4 is 27.2 Å². The Hall–Kier alpha value is -0.240. The summed E-state index contributed by atoms with van der Waals surface area (Å²) in [7, 11) is -0.421. The maximum atomic E-state index is 11.9. The van der Waals surface area contributed by atoms with E-state index in [1.165, 1.54) is 18.5 Å². The molecule has 0 radical (unpaired) electrons. The molecular formula is C8H18N2O3S2. The van der Waals surface area contributed by atoms with E-state index in [0.717, 1.165) is 0 Å². The molecular weight excluding hydrogens is 236 g/mol. The van der Waals surface area contributed by atoms with Crippen molar-refractivity contribution in [3.05, 3.63) is 0 Å². The highest BCUT2D eigenvalue weighted by molar-refractivity contribution is 7.92. The Bertz CT molecular complexity index is 303. The summed E-state index contributed by atoms with van der Waals surface area (Å²) in [6, 6.07) is 0. The largest absolute Gasteiger partial charge is 0.392 e. The molecule has 0 saturated heterocycles. The third-order valence-corrected chi connectivity index (χ3v) is 4.88. The van der Waals surface area contributed by atoms with E-state index in [9.17, 15) is 8.42 Å². The second-order valence-electron chi connectivity index (χ2n) is 3.16. The fourth-order valence-corrected chi connectivity index (χ4v) is 3.13. The zero-order chi connectivity index (χ0) is 12.1. The minimum atomic E-state index is -3.44. The van der Waals surface area contributed by atoms with Crippen molar-refractivity contribution in [2.75, 3.05) is 27.3 Å². The quantitative estimate of drug-likeness (QED) is 0.645. The van der Waals surface area contributed by atoms with Gasteiger partial charge in [0, 0.05) is 20.7 Å². The van der Waals surface area contributed by atoms with Gasteiger partial charge in [-0.1, -0.05) is 19.1 Å². The van der Waals surface area contributed by atoms with Crippen LogP contribution in [0.4, 0.5) is 0 Å². The van der Waals surface area contributed by atoms with Crippen LogP contribution in [-0.2, 0) is 14.8 Å². The molecule has 90 valence electrons. The van der Waals surface area contributed by atoms with E-state index in [1.807, 2.05) is 0 Å². The average Bonchev–Trinajstić information content (AvgIpc) is 2.13. The summed E-state index contributed by atoms with van der Waals surface area (Å²) < 4.78 is 29.9. The van der Waals surface area contributed by atoms with Crippen molar-refractivity contribution in [3.63, 3.8) is 0 Å². The van der Waals surface area contributed by atoms with Gasteiger partial charge >= 0.3 is 0 Å². The van der Waals surface area contributed by atoms with E-state index < -0.39 is 15.3 Å². The number of hydrogen-bond donors (Lipinski definition) is 1. The fraction of sp³-hybridized carbons (Fsp3) is 0.875. The van der Waals surface area contributed by atoms with Crippen LogP contribution >= 0.6 is 12.2 Å². The van der Waals surface area contributed by atoms with Gasteiger partial charge in [0.2, 0.25) is 10.0 Å². The Morgan fingerprint density at radius 2 is 2.13 bits per heavy atom. The van der Waals surface area contributed by atoms with Gasteiger partial charge in [-0.3, -0.25) is 0 Å². The number of thiocarbonyl (C=S) groups is 1. The molecule has 2 N–H and O–H groups in total. The third kappa shape index (κ3) is 4.02. The molecule has 0 heterocycles. The van der Waals surface area contributed by atoms with Crippen LogP contribution in [0.25, 0.3) is 0 Å². The molecule has 15 heavy (non-hydrogen) atoms. The summed E-state index contributed by atoms with van der Waals surface area (Å²) in [6.07, 6.45) is 0.384. The standard InChI is InChI=1S/C8H18N2O3S2/c1-4-7(8(9)14)15(11,12)10(2)5-6-13-3/h7H,4-6H2,1-3H3,(H2,9,14). The summed E-state index contributed by atoms with van der Waals surface area (Å²) in [5.74, 6) is 0. The highest BCUT2D eigenvalue weighted by Crippen LogP contribution is 2.11. The number of likely N-dealkylation sites (N-methyl/N-ethyl adjacent to an activating group) is 1. The van der Waals surface area contributed by atoms with Gasteiger partial charge in [-0.25, -0.2) is 12.7 Å². The zero-order valence-corrected chi connectivity index (χ0v) is 10.9. The summed E-state index contributed by atoms with van der Waals surface area (Å²) >= 11 is 4.74. The van der Waals surface area contributed by atoms with Gasteiger partial charge in [-0.2, -0.15) is 0 Å². The minimum Gasteiger partial charge on any atom is -0.392 e. The monoisotopic (exact) mass is 254 g/mol. The molecule has 0 aliphatic heterocycles. The lowest BCUT2D eigenvalue weighted by atomic mass is 10.3.